The van der Waals surface area contributed by atoms with Crippen LogP contribution in [0.25, 0.3) is 21.6 Å². The third-order valence-corrected chi connectivity index (χ3v) is 4.57. The Hall–Kier alpha value is -2.01. The van der Waals surface area contributed by atoms with Crippen molar-refractivity contribution in [3.05, 3.63) is 40.5 Å². The van der Waals surface area contributed by atoms with E-state index in [1.165, 1.54) is 10.9 Å². The number of aryl methyl sites for hydroxylation is 2. The molecule has 0 aliphatic carbocycles. The summed E-state index contributed by atoms with van der Waals surface area (Å²) < 4.78 is 14.1. The molecule has 21 heavy (non-hydrogen) atoms. The van der Waals surface area contributed by atoms with Crippen LogP contribution in [0.1, 0.15) is 17.4 Å². The second-order valence-corrected chi connectivity index (χ2v) is 6.03. The molecule has 108 valence electrons. The van der Waals surface area contributed by atoms with Crippen molar-refractivity contribution in [3.8, 4) is 11.4 Å². The van der Waals surface area contributed by atoms with Crippen LogP contribution in [0.4, 0.5) is 10.2 Å². The SMILES string of the molecule is CCc1cc2c(NC)nc(-c3ccc(C)cc3F)nc2s1. The fourth-order valence-corrected chi connectivity index (χ4v) is 3.23. The summed E-state index contributed by atoms with van der Waals surface area (Å²) in [6.45, 7) is 3.97. The molecule has 3 rings (SSSR count). The monoisotopic (exact) mass is 301 g/mol. The van der Waals surface area contributed by atoms with Crippen LogP contribution in [0.2, 0.25) is 0 Å². The maximum absolute atomic E-state index is 14.1. The van der Waals surface area contributed by atoms with Crippen LogP contribution in [0, 0.1) is 12.7 Å². The average molecular weight is 301 g/mol. The van der Waals surface area contributed by atoms with E-state index in [1.54, 1.807) is 17.4 Å². The molecule has 2 heterocycles. The molecule has 1 aromatic carbocycles. The number of nitrogens with one attached hydrogen (secondary N) is 1. The van der Waals surface area contributed by atoms with Crippen LogP contribution in [0.15, 0.2) is 24.3 Å². The summed E-state index contributed by atoms with van der Waals surface area (Å²) in [5.41, 5.74) is 1.32. The first-order chi connectivity index (χ1) is 10.1. The van der Waals surface area contributed by atoms with Crippen LogP contribution < -0.4 is 5.32 Å². The van der Waals surface area contributed by atoms with Gasteiger partial charge in [-0.25, -0.2) is 14.4 Å². The van der Waals surface area contributed by atoms with Gasteiger partial charge in [-0.1, -0.05) is 13.0 Å². The molecule has 0 radical (unpaired) electrons. The molecule has 0 saturated carbocycles. The summed E-state index contributed by atoms with van der Waals surface area (Å²) in [7, 11) is 1.82. The molecule has 3 nitrogen and oxygen atoms in total. The van der Waals surface area contributed by atoms with Crippen LogP contribution in [0.5, 0.6) is 0 Å². The Morgan fingerprint density at radius 1 is 1.24 bits per heavy atom. The zero-order valence-corrected chi connectivity index (χ0v) is 13.0. The van der Waals surface area contributed by atoms with Gasteiger partial charge < -0.3 is 5.32 Å². The molecule has 0 aliphatic heterocycles. The molecule has 0 fully saturated rings. The summed E-state index contributed by atoms with van der Waals surface area (Å²) in [6, 6.07) is 7.21. The number of fused-ring (bicyclic) bond motifs is 1. The van der Waals surface area contributed by atoms with Crippen molar-refractivity contribution in [2.45, 2.75) is 20.3 Å². The standard InChI is InChI=1S/C16H16FN3S/c1-4-10-8-12-14(18-3)19-15(20-16(12)21-10)11-6-5-9(2)7-13(11)17/h5-8H,4H2,1-3H3,(H,18,19,20). The minimum atomic E-state index is -0.288. The molecule has 0 aliphatic rings. The van der Waals surface area contributed by atoms with Gasteiger partial charge in [0.25, 0.3) is 0 Å². The largest absolute Gasteiger partial charge is 0.372 e. The van der Waals surface area contributed by atoms with Crippen LogP contribution >= 0.6 is 11.3 Å². The maximum Gasteiger partial charge on any atom is 0.166 e. The van der Waals surface area contributed by atoms with Crippen molar-refractivity contribution >= 4 is 27.4 Å². The molecule has 3 aromatic rings. The van der Waals surface area contributed by atoms with E-state index in [4.69, 9.17) is 0 Å². The highest BCUT2D eigenvalue weighted by atomic mass is 32.1. The fraction of sp³-hybridized carbons (Fsp3) is 0.250. The number of anilines is 1. The van der Waals surface area contributed by atoms with Crippen molar-refractivity contribution in [2.24, 2.45) is 0 Å². The van der Waals surface area contributed by atoms with Crippen molar-refractivity contribution in [1.82, 2.24) is 9.97 Å². The lowest BCUT2D eigenvalue weighted by Crippen LogP contribution is -1.98. The maximum atomic E-state index is 14.1. The third kappa shape index (κ3) is 2.49. The number of hydrogen-bond donors (Lipinski definition) is 1. The van der Waals surface area contributed by atoms with E-state index >= 15 is 0 Å². The molecule has 0 unspecified atom stereocenters. The van der Waals surface area contributed by atoms with Gasteiger partial charge >= 0.3 is 0 Å². The lowest BCUT2D eigenvalue weighted by molar-refractivity contribution is 0.629. The minimum absolute atomic E-state index is 0.288. The normalized spacial score (nSPS) is 11.0. The van der Waals surface area contributed by atoms with E-state index < -0.39 is 0 Å². The van der Waals surface area contributed by atoms with E-state index in [1.807, 2.05) is 20.0 Å². The molecule has 5 heteroatoms. The second-order valence-electron chi connectivity index (χ2n) is 4.91. The summed E-state index contributed by atoms with van der Waals surface area (Å²) in [6.07, 6.45) is 0.957. The number of benzene rings is 1. The third-order valence-electron chi connectivity index (χ3n) is 3.39. The predicted octanol–water partition coefficient (Wildman–Crippen LogP) is 4.41. The van der Waals surface area contributed by atoms with Gasteiger partial charge in [0.1, 0.15) is 16.5 Å². The van der Waals surface area contributed by atoms with Crippen LogP contribution in [-0.2, 0) is 6.42 Å². The lowest BCUT2D eigenvalue weighted by atomic mass is 10.1. The minimum Gasteiger partial charge on any atom is -0.372 e. The second kappa shape index (κ2) is 5.41. The number of rotatable bonds is 3. The highest BCUT2D eigenvalue weighted by Gasteiger charge is 2.14. The predicted molar refractivity (Wildman–Crippen MR) is 86.5 cm³/mol. The Balaban J connectivity index is 2.23. The first-order valence-electron chi connectivity index (χ1n) is 6.87. The summed E-state index contributed by atoms with van der Waals surface area (Å²) >= 11 is 1.63. The highest BCUT2D eigenvalue weighted by molar-refractivity contribution is 7.18. The number of thiophene rings is 1. The summed E-state index contributed by atoms with van der Waals surface area (Å²) in [4.78, 5) is 11.2. The molecular weight excluding hydrogens is 285 g/mol. The van der Waals surface area contributed by atoms with Gasteiger partial charge in [-0.3, -0.25) is 0 Å². The Bertz CT molecular complexity index is 811. The number of aromatic nitrogens is 2. The molecular formula is C16H16FN3S. The molecule has 0 bridgehead atoms. The lowest BCUT2D eigenvalue weighted by Gasteiger charge is -2.06. The molecule has 0 atom stereocenters. The van der Waals surface area contributed by atoms with E-state index in [0.29, 0.717) is 11.4 Å². The zero-order chi connectivity index (χ0) is 15.0. The van der Waals surface area contributed by atoms with E-state index in [2.05, 4.69) is 28.3 Å². The van der Waals surface area contributed by atoms with E-state index in [0.717, 1.165) is 28.0 Å². The molecule has 2 aromatic heterocycles. The van der Waals surface area contributed by atoms with Gasteiger partial charge in [0, 0.05) is 11.9 Å². The highest BCUT2D eigenvalue weighted by Crippen LogP contribution is 2.32. The summed E-state index contributed by atoms with van der Waals surface area (Å²) in [5.74, 6) is 0.878. The number of halogens is 1. The van der Waals surface area contributed by atoms with Gasteiger partial charge in [-0.15, -0.1) is 11.3 Å². The van der Waals surface area contributed by atoms with Gasteiger partial charge in [-0.05, 0) is 37.1 Å². The van der Waals surface area contributed by atoms with Crippen molar-refractivity contribution < 1.29 is 4.39 Å². The first kappa shape index (κ1) is 13.9. The van der Waals surface area contributed by atoms with Gasteiger partial charge in [0.05, 0.1) is 10.9 Å². The van der Waals surface area contributed by atoms with E-state index in [-0.39, 0.29) is 5.82 Å². The Morgan fingerprint density at radius 3 is 2.71 bits per heavy atom. The fourth-order valence-electron chi connectivity index (χ4n) is 2.26. The van der Waals surface area contributed by atoms with E-state index in [9.17, 15) is 4.39 Å². The smallest absolute Gasteiger partial charge is 0.166 e. The van der Waals surface area contributed by atoms with Crippen LogP contribution in [-0.4, -0.2) is 17.0 Å². The Labute approximate surface area is 126 Å². The average Bonchev–Trinajstić information content (AvgIpc) is 2.89. The van der Waals surface area contributed by atoms with Crippen molar-refractivity contribution in [2.75, 3.05) is 12.4 Å². The van der Waals surface area contributed by atoms with Gasteiger partial charge in [-0.2, -0.15) is 0 Å². The molecule has 0 amide bonds. The van der Waals surface area contributed by atoms with Gasteiger partial charge in [0.2, 0.25) is 0 Å². The number of nitrogens with zero attached hydrogens (tertiary/aromatic N) is 2. The quantitative estimate of drug-likeness (QED) is 0.778. The zero-order valence-electron chi connectivity index (χ0n) is 12.2. The van der Waals surface area contributed by atoms with Crippen molar-refractivity contribution in [3.63, 3.8) is 0 Å². The topological polar surface area (TPSA) is 37.8 Å². The summed E-state index contributed by atoms with van der Waals surface area (Å²) in [5, 5.41) is 4.08. The molecule has 0 spiro atoms. The Kier molecular flexibility index (Phi) is 3.59. The first-order valence-corrected chi connectivity index (χ1v) is 7.68. The number of hydrogen-bond acceptors (Lipinski definition) is 4. The van der Waals surface area contributed by atoms with Crippen molar-refractivity contribution in [1.29, 1.82) is 0 Å². The Morgan fingerprint density at radius 2 is 2.05 bits per heavy atom. The van der Waals surface area contributed by atoms with Gasteiger partial charge in [0.15, 0.2) is 5.82 Å². The molecule has 1 N–H and O–H groups in total. The van der Waals surface area contributed by atoms with Crippen LogP contribution in [0.3, 0.4) is 0 Å². The molecule has 0 saturated heterocycles.